The average molecular weight is 552 g/mol. The van der Waals surface area contributed by atoms with E-state index in [1.165, 1.54) is 0 Å². The molecule has 0 aromatic carbocycles. The summed E-state index contributed by atoms with van der Waals surface area (Å²) in [4.78, 5) is 40.7. The maximum atomic E-state index is 12.8. The number of esters is 1. The van der Waals surface area contributed by atoms with Crippen molar-refractivity contribution in [1.29, 1.82) is 0 Å². The van der Waals surface area contributed by atoms with Gasteiger partial charge in [-0.3, -0.25) is 19.6 Å². The molecule has 218 valence electrons. The Morgan fingerprint density at radius 3 is 2.65 bits per heavy atom. The van der Waals surface area contributed by atoms with Crippen LogP contribution in [0.15, 0.2) is 30.5 Å². The minimum Gasteiger partial charge on any atom is -0.466 e. The lowest BCUT2D eigenvalue weighted by atomic mass is 10.0. The molecular weight excluding hydrogens is 506 g/mol. The molecule has 1 saturated heterocycles. The Balaban J connectivity index is 1.28. The van der Waals surface area contributed by atoms with Crippen LogP contribution >= 0.6 is 0 Å². The maximum absolute atomic E-state index is 12.8. The molecule has 1 fully saturated rings. The number of pyridine rings is 2. The molecule has 0 N–H and O–H groups in total. The number of amides is 1. The molecule has 0 unspecified atom stereocenters. The number of fused-ring (bicyclic) bond motifs is 1. The zero-order chi connectivity index (χ0) is 28.7. The Morgan fingerprint density at radius 2 is 1.95 bits per heavy atom. The number of likely N-dealkylation sites (tertiary alicyclic amines) is 1. The summed E-state index contributed by atoms with van der Waals surface area (Å²) in [7, 11) is 0. The molecular formula is C31H45N5O4. The molecule has 0 spiro atoms. The second kappa shape index (κ2) is 13.5. The van der Waals surface area contributed by atoms with Gasteiger partial charge < -0.3 is 14.4 Å². The Bertz CT molecular complexity index is 1140. The summed E-state index contributed by atoms with van der Waals surface area (Å²) in [5, 5.41) is 0. The normalized spacial score (nSPS) is 16.0. The third-order valence-electron chi connectivity index (χ3n) is 7.34. The maximum Gasteiger partial charge on any atom is 0.416 e. The zero-order valence-corrected chi connectivity index (χ0v) is 24.8. The molecule has 9 heteroatoms. The van der Waals surface area contributed by atoms with E-state index in [9.17, 15) is 9.59 Å². The first-order valence-corrected chi connectivity index (χ1v) is 14.6. The van der Waals surface area contributed by atoms with Gasteiger partial charge in [-0.2, -0.15) is 0 Å². The van der Waals surface area contributed by atoms with Crippen molar-refractivity contribution in [3.8, 4) is 0 Å². The second-order valence-corrected chi connectivity index (χ2v) is 11.9. The lowest BCUT2D eigenvalue weighted by Gasteiger charge is -2.45. The van der Waals surface area contributed by atoms with Crippen molar-refractivity contribution in [2.75, 3.05) is 44.2 Å². The van der Waals surface area contributed by atoms with Crippen molar-refractivity contribution in [2.45, 2.75) is 84.9 Å². The van der Waals surface area contributed by atoms with Crippen LogP contribution in [0.25, 0.3) is 0 Å². The van der Waals surface area contributed by atoms with Crippen LogP contribution < -0.4 is 4.90 Å². The molecule has 2 aliphatic heterocycles. The van der Waals surface area contributed by atoms with E-state index in [1.807, 2.05) is 46.9 Å². The quantitative estimate of drug-likeness (QED) is 0.376. The fraction of sp³-hybridized carbons (Fsp3) is 0.613. The van der Waals surface area contributed by atoms with E-state index in [1.54, 1.807) is 4.90 Å². The Morgan fingerprint density at radius 1 is 1.15 bits per heavy atom. The molecule has 2 aliphatic rings. The zero-order valence-electron chi connectivity index (χ0n) is 24.8. The van der Waals surface area contributed by atoms with Crippen molar-refractivity contribution in [2.24, 2.45) is 0 Å². The number of nitrogens with zero attached hydrogens (tertiary/aromatic N) is 5. The smallest absolute Gasteiger partial charge is 0.416 e. The van der Waals surface area contributed by atoms with Gasteiger partial charge in [0.05, 0.1) is 13.0 Å². The topological polar surface area (TPSA) is 88.1 Å². The van der Waals surface area contributed by atoms with Gasteiger partial charge in [0.1, 0.15) is 11.4 Å². The molecule has 1 amide bonds. The first-order chi connectivity index (χ1) is 19.1. The molecule has 4 rings (SSSR count). The van der Waals surface area contributed by atoms with Gasteiger partial charge in [-0.25, -0.2) is 9.78 Å². The lowest BCUT2D eigenvalue weighted by Crippen LogP contribution is -2.59. The van der Waals surface area contributed by atoms with E-state index in [-0.39, 0.29) is 12.1 Å². The molecule has 4 heterocycles. The fourth-order valence-electron chi connectivity index (χ4n) is 5.24. The van der Waals surface area contributed by atoms with E-state index in [2.05, 4.69) is 33.0 Å². The summed E-state index contributed by atoms with van der Waals surface area (Å²) in [6.45, 7) is 14.9. The van der Waals surface area contributed by atoms with Crippen LogP contribution in [0.5, 0.6) is 0 Å². The molecule has 2 aromatic heterocycles. The Hall–Kier alpha value is -3.04. The highest BCUT2D eigenvalue weighted by Gasteiger charge is 2.32. The molecule has 0 atom stereocenters. The third kappa shape index (κ3) is 8.48. The highest BCUT2D eigenvalue weighted by Crippen LogP contribution is 2.27. The molecule has 40 heavy (non-hydrogen) atoms. The number of carbonyl (C=O) groups is 2. The number of anilines is 1. The molecule has 0 saturated carbocycles. The monoisotopic (exact) mass is 551 g/mol. The highest BCUT2D eigenvalue weighted by molar-refractivity contribution is 5.88. The second-order valence-electron chi connectivity index (χ2n) is 11.9. The summed E-state index contributed by atoms with van der Waals surface area (Å²) in [6.07, 6.45) is 5.71. The number of carbonyl (C=O) groups excluding carboxylic acids is 2. The van der Waals surface area contributed by atoms with Crippen LogP contribution in [-0.4, -0.2) is 82.8 Å². The van der Waals surface area contributed by atoms with Gasteiger partial charge in [-0.15, -0.1) is 0 Å². The number of aromatic nitrogens is 2. The third-order valence-corrected chi connectivity index (χ3v) is 7.34. The lowest BCUT2D eigenvalue weighted by molar-refractivity contribution is -0.143. The summed E-state index contributed by atoms with van der Waals surface area (Å²) in [5.41, 5.74) is 3.74. The summed E-state index contributed by atoms with van der Waals surface area (Å²) in [6, 6.07) is 8.78. The summed E-state index contributed by atoms with van der Waals surface area (Å²) < 4.78 is 10.8. The van der Waals surface area contributed by atoms with E-state index in [0.29, 0.717) is 32.2 Å². The number of hydrogen-bond donors (Lipinski definition) is 0. The molecule has 0 aliphatic carbocycles. The minimum absolute atomic E-state index is 0.145. The van der Waals surface area contributed by atoms with Crippen molar-refractivity contribution < 1.29 is 19.1 Å². The van der Waals surface area contributed by atoms with Crippen LogP contribution in [0.2, 0.25) is 0 Å². The predicted molar refractivity (Wildman–Crippen MR) is 155 cm³/mol. The largest absolute Gasteiger partial charge is 0.466 e. The Kier molecular flexibility index (Phi) is 10.1. The van der Waals surface area contributed by atoms with Crippen molar-refractivity contribution >= 4 is 17.9 Å². The van der Waals surface area contributed by atoms with Gasteiger partial charge in [0.15, 0.2) is 0 Å². The van der Waals surface area contributed by atoms with Gasteiger partial charge >= 0.3 is 12.1 Å². The first kappa shape index (κ1) is 29.9. The van der Waals surface area contributed by atoms with Gasteiger partial charge in [-0.05, 0) is 90.1 Å². The van der Waals surface area contributed by atoms with Gasteiger partial charge in [0, 0.05) is 56.4 Å². The van der Waals surface area contributed by atoms with Crippen LogP contribution in [0.3, 0.4) is 0 Å². The standard InChI is InChI=1S/C31H45N5O4/c1-6-39-28(37)15-18-35(20-24-12-11-23(2)32-19-24)27-21-34(22-27)16-8-10-26-14-13-25-9-7-17-36(29(25)33-26)30(38)40-31(3,4)5/h11-14,19,27H,6-10,15-18,20-22H2,1-5H3. The van der Waals surface area contributed by atoms with Crippen molar-refractivity contribution in [3.05, 3.63) is 53.0 Å². The number of ether oxygens (including phenoxy) is 2. The minimum atomic E-state index is -0.535. The average Bonchev–Trinajstić information content (AvgIpc) is 2.88. The van der Waals surface area contributed by atoms with E-state index < -0.39 is 5.60 Å². The Labute approximate surface area is 238 Å². The van der Waals surface area contributed by atoms with Crippen LogP contribution in [-0.2, 0) is 33.7 Å². The van der Waals surface area contributed by atoms with Crippen LogP contribution in [0.1, 0.15) is 69.5 Å². The summed E-state index contributed by atoms with van der Waals surface area (Å²) in [5.74, 6) is 0.610. The number of rotatable bonds is 11. The van der Waals surface area contributed by atoms with Crippen molar-refractivity contribution in [3.63, 3.8) is 0 Å². The number of aryl methyl sites for hydroxylation is 3. The fourth-order valence-corrected chi connectivity index (χ4v) is 5.24. The van der Waals surface area contributed by atoms with E-state index in [4.69, 9.17) is 14.5 Å². The summed E-state index contributed by atoms with van der Waals surface area (Å²) >= 11 is 0. The molecule has 2 aromatic rings. The molecule has 0 radical (unpaired) electrons. The van der Waals surface area contributed by atoms with Crippen LogP contribution in [0, 0.1) is 6.92 Å². The number of hydrogen-bond acceptors (Lipinski definition) is 8. The first-order valence-electron chi connectivity index (χ1n) is 14.6. The van der Waals surface area contributed by atoms with E-state index >= 15 is 0 Å². The highest BCUT2D eigenvalue weighted by atomic mass is 16.6. The predicted octanol–water partition coefficient (Wildman–Crippen LogP) is 4.54. The van der Waals surface area contributed by atoms with Crippen LogP contribution in [0.4, 0.5) is 10.6 Å². The van der Waals surface area contributed by atoms with Crippen molar-refractivity contribution in [1.82, 2.24) is 19.8 Å². The van der Waals surface area contributed by atoms with Gasteiger partial charge in [0.2, 0.25) is 0 Å². The molecule has 9 nitrogen and oxygen atoms in total. The van der Waals surface area contributed by atoms with Gasteiger partial charge in [-0.1, -0.05) is 12.1 Å². The van der Waals surface area contributed by atoms with E-state index in [0.717, 1.165) is 80.2 Å². The van der Waals surface area contributed by atoms with Gasteiger partial charge in [0.25, 0.3) is 0 Å². The SMILES string of the molecule is CCOC(=O)CCN(Cc1ccc(C)nc1)C1CN(CCCc2ccc3c(n2)N(C(=O)OC(C)(C)C)CCC3)C1. The molecule has 0 bridgehead atoms.